The standard InChI is InChI=1S/C22H21FN2O5/c1-13-20(14(2)30-25-13)12-28-19-6-4-5-16(11-19)22(27)29-15(3)21(26)24-18-9-7-17(23)8-10-18/h4-11,15H,12H2,1-3H3,(H,24,26)/t15-/m0/s1. The van der Waals surface area contributed by atoms with Gasteiger partial charge in [0, 0.05) is 5.69 Å². The smallest absolute Gasteiger partial charge is 0.339 e. The second kappa shape index (κ2) is 9.21. The maximum absolute atomic E-state index is 12.9. The largest absolute Gasteiger partial charge is 0.489 e. The minimum atomic E-state index is -1.05. The first-order valence-electron chi connectivity index (χ1n) is 9.25. The van der Waals surface area contributed by atoms with E-state index in [0.717, 1.165) is 11.3 Å². The number of carbonyl (C=O) groups is 2. The van der Waals surface area contributed by atoms with Crippen LogP contribution in [0, 0.1) is 19.7 Å². The first-order chi connectivity index (χ1) is 14.3. The van der Waals surface area contributed by atoms with E-state index in [1.54, 1.807) is 25.1 Å². The number of carbonyl (C=O) groups excluding carboxylic acids is 2. The summed E-state index contributed by atoms with van der Waals surface area (Å²) in [6, 6.07) is 11.7. The predicted molar refractivity (Wildman–Crippen MR) is 107 cm³/mol. The van der Waals surface area contributed by atoms with E-state index in [1.807, 2.05) is 6.92 Å². The Balaban J connectivity index is 1.58. The molecule has 0 unspecified atom stereocenters. The maximum Gasteiger partial charge on any atom is 0.339 e. The van der Waals surface area contributed by atoms with E-state index < -0.39 is 23.8 Å². The van der Waals surface area contributed by atoms with Crippen molar-refractivity contribution in [2.75, 3.05) is 5.32 Å². The highest BCUT2D eigenvalue weighted by Crippen LogP contribution is 2.19. The van der Waals surface area contributed by atoms with Crippen LogP contribution in [-0.2, 0) is 16.1 Å². The molecule has 1 amide bonds. The van der Waals surface area contributed by atoms with Crippen LogP contribution < -0.4 is 10.1 Å². The number of rotatable bonds is 7. The van der Waals surface area contributed by atoms with E-state index in [4.69, 9.17) is 14.0 Å². The van der Waals surface area contributed by atoms with Crippen LogP contribution in [0.25, 0.3) is 0 Å². The van der Waals surface area contributed by atoms with Gasteiger partial charge in [0.05, 0.1) is 16.8 Å². The predicted octanol–water partition coefficient (Wildman–Crippen LogP) is 4.19. The monoisotopic (exact) mass is 412 g/mol. The van der Waals surface area contributed by atoms with Crippen molar-refractivity contribution in [3.63, 3.8) is 0 Å². The summed E-state index contributed by atoms with van der Waals surface area (Å²) in [5.74, 6) is -0.471. The van der Waals surface area contributed by atoms with E-state index >= 15 is 0 Å². The normalized spacial score (nSPS) is 11.6. The number of esters is 1. The molecule has 0 aliphatic rings. The Morgan fingerprint density at radius 3 is 2.57 bits per heavy atom. The number of aryl methyl sites for hydroxylation is 2. The van der Waals surface area contributed by atoms with Gasteiger partial charge in [0.1, 0.15) is 23.9 Å². The highest BCUT2D eigenvalue weighted by atomic mass is 19.1. The summed E-state index contributed by atoms with van der Waals surface area (Å²) in [6.07, 6.45) is -1.05. The molecule has 156 valence electrons. The average molecular weight is 412 g/mol. The minimum Gasteiger partial charge on any atom is -0.489 e. The van der Waals surface area contributed by atoms with E-state index in [-0.39, 0.29) is 12.2 Å². The molecule has 1 atom stereocenters. The molecule has 0 aliphatic carbocycles. The molecule has 1 aromatic heterocycles. The molecule has 0 bridgehead atoms. The molecule has 2 aromatic carbocycles. The zero-order valence-corrected chi connectivity index (χ0v) is 16.8. The number of benzene rings is 2. The Morgan fingerprint density at radius 2 is 1.90 bits per heavy atom. The Morgan fingerprint density at radius 1 is 1.17 bits per heavy atom. The van der Waals surface area contributed by atoms with Crippen molar-refractivity contribution >= 4 is 17.6 Å². The van der Waals surface area contributed by atoms with Crippen LogP contribution in [0.1, 0.15) is 34.3 Å². The number of nitrogens with zero attached hydrogens (tertiary/aromatic N) is 1. The van der Waals surface area contributed by atoms with Crippen LogP contribution in [0.15, 0.2) is 53.1 Å². The number of hydrogen-bond donors (Lipinski definition) is 1. The van der Waals surface area contributed by atoms with Crippen LogP contribution in [0.4, 0.5) is 10.1 Å². The lowest BCUT2D eigenvalue weighted by Gasteiger charge is -2.14. The molecule has 30 heavy (non-hydrogen) atoms. The molecule has 0 aliphatic heterocycles. The molecule has 0 saturated carbocycles. The quantitative estimate of drug-likeness (QED) is 0.585. The summed E-state index contributed by atoms with van der Waals surface area (Å²) < 4.78 is 29.0. The van der Waals surface area contributed by atoms with Gasteiger partial charge in [0.15, 0.2) is 6.10 Å². The molecule has 3 rings (SSSR count). The van der Waals surface area contributed by atoms with Crippen LogP contribution in [-0.4, -0.2) is 23.1 Å². The van der Waals surface area contributed by atoms with Crippen molar-refractivity contribution in [3.05, 3.63) is 76.9 Å². The maximum atomic E-state index is 12.9. The number of halogens is 1. The zero-order valence-electron chi connectivity index (χ0n) is 16.8. The fourth-order valence-corrected chi connectivity index (χ4v) is 2.64. The summed E-state index contributed by atoms with van der Waals surface area (Å²) in [6.45, 7) is 5.32. The van der Waals surface area contributed by atoms with Gasteiger partial charge in [-0.05, 0) is 63.2 Å². The van der Waals surface area contributed by atoms with Crippen molar-refractivity contribution < 1.29 is 28.0 Å². The van der Waals surface area contributed by atoms with Gasteiger partial charge in [-0.1, -0.05) is 11.2 Å². The van der Waals surface area contributed by atoms with Gasteiger partial charge in [0.2, 0.25) is 0 Å². The first kappa shape index (κ1) is 21.0. The number of aromatic nitrogens is 1. The third-order valence-corrected chi connectivity index (χ3v) is 4.40. The third kappa shape index (κ3) is 5.22. The lowest BCUT2D eigenvalue weighted by molar-refractivity contribution is -0.123. The highest BCUT2D eigenvalue weighted by molar-refractivity contribution is 5.97. The van der Waals surface area contributed by atoms with Crippen molar-refractivity contribution in [3.8, 4) is 5.75 Å². The van der Waals surface area contributed by atoms with Crippen LogP contribution >= 0.6 is 0 Å². The summed E-state index contributed by atoms with van der Waals surface area (Å²) in [5.41, 5.74) is 2.23. The molecule has 3 aromatic rings. The fraction of sp³-hybridized carbons (Fsp3) is 0.227. The summed E-state index contributed by atoms with van der Waals surface area (Å²) >= 11 is 0. The molecule has 0 fully saturated rings. The molecule has 8 heteroatoms. The Kier molecular flexibility index (Phi) is 6.46. The first-order valence-corrected chi connectivity index (χ1v) is 9.25. The molecular formula is C22H21FN2O5. The second-order valence-corrected chi connectivity index (χ2v) is 6.66. The van der Waals surface area contributed by atoms with Crippen molar-refractivity contribution in [2.45, 2.75) is 33.5 Å². The Hall–Kier alpha value is -3.68. The topological polar surface area (TPSA) is 90.7 Å². The van der Waals surface area contributed by atoms with Crippen molar-refractivity contribution in [2.24, 2.45) is 0 Å². The minimum absolute atomic E-state index is 0.243. The number of hydrogen-bond acceptors (Lipinski definition) is 6. The SMILES string of the molecule is Cc1noc(C)c1COc1cccc(C(=O)O[C@@H](C)C(=O)Nc2ccc(F)cc2)c1. The van der Waals surface area contributed by atoms with Gasteiger partial charge >= 0.3 is 5.97 Å². The van der Waals surface area contributed by atoms with Gasteiger partial charge in [-0.15, -0.1) is 0 Å². The molecule has 7 nitrogen and oxygen atoms in total. The highest BCUT2D eigenvalue weighted by Gasteiger charge is 2.19. The Bertz CT molecular complexity index is 1030. The second-order valence-electron chi connectivity index (χ2n) is 6.66. The number of anilines is 1. The average Bonchev–Trinajstić information content (AvgIpc) is 3.05. The van der Waals surface area contributed by atoms with Crippen molar-refractivity contribution in [1.29, 1.82) is 0 Å². The van der Waals surface area contributed by atoms with E-state index in [0.29, 0.717) is 17.2 Å². The van der Waals surface area contributed by atoms with Crippen LogP contribution in [0.3, 0.4) is 0 Å². The molecule has 0 spiro atoms. The van der Waals surface area contributed by atoms with Gasteiger partial charge in [-0.25, -0.2) is 9.18 Å². The van der Waals surface area contributed by atoms with Gasteiger partial charge < -0.3 is 19.3 Å². The van der Waals surface area contributed by atoms with Gasteiger partial charge in [-0.3, -0.25) is 4.79 Å². The third-order valence-electron chi connectivity index (χ3n) is 4.40. The van der Waals surface area contributed by atoms with Gasteiger partial charge in [-0.2, -0.15) is 0 Å². The van der Waals surface area contributed by atoms with Crippen LogP contribution in [0.2, 0.25) is 0 Å². The molecular weight excluding hydrogens is 391 g/mol. The number of ether oxygens (including phenoxy) is 2. The van der Waals surface area contributed by atoms with E-state index in [1.165, 1.54) is 37.3 Å². The Labute approximate surface area is 172 Å². The van der Waals surface area contributed by atoms with Gasteiger partial charge in [0.25, 0.3) is 5.91 Å². The summed E-state index contributed by atoms with van der Waals surface area (Å²) in [5, 5.41) is 6.43. The van der Waals surface area contributed by atoms with E-state index in [2.05, 4.69) is 10.5 Å². The molecule has 0 saturated heterocycles. The fourth-order valence-electron chi connectivity index (χ4n) is 2.64. The lowest BCUT2D eigenvalue weighted by atomic mass is 10.2. The zero-order chi connectivity index (χ0) is 21.7. The number of nitrogens with one attached hydrogen (secondary N) is 1. The number of amides is 1. The van der Waals surface area contributed by atoms with E-state index in [9.17, 15) is 14.0 Å². The molecule has 1 heterocycles. The summed E-state index contributed by atoms with van der Waals surface area (Å²) in [4.78, 5) is 24.6. The van der Waals surface area contributed by atoms with Crippen LogP contribution in [0.5, 0.6) is 5.75 Å². The molecule has 0 radical (unpaired) electrons. The molecule has 1 N–H and O–H groups in total. The van der Waals surface area contributed by atoms with Crippen molar-refractivity contribution in [1.82, 2.24) is 5.16 Å². The summed E-state index contributed by atoms with van der Waals surface area (Å²) in [7, 11) is 0. The lowest BCUT2D eigenvalue weighted by Crippen LogP contribution is -2.30.